The van der Waals surface area contributed by atoms with E-state index in [1.807, 2.05) is 0 Å². The number of benzene rings is 1. The molecule has 62 valence electrons. The van der Waals surface area contributed by atoms with Gasteiger partial charge in [-0.2, -0.15) is 0 Å². The van der Waals surface area contributed by atoms with E-state index in [1.54, 1.807) is 0 Å². The number of halogens is 2. The van der Waals surface area contributed by atoms with Crippen LogP contribution < -0.4 is 5.73 Å². The van der Waals surface area contributed by atoms with Crippen LogP contribution in [0.15, 0.2) is 17.1 Å². The van der Waals surface area contributed by atoms with Crippen LogP contribution in [-0.4, -0.2) is 5.84 Å². The zero-order valence-corrected chi connectivity index (χ0v) is 6.14. The second-order valence-corrected chi connectivity index (χ2v) is 2.59. The quantitative estimate of drug-likeness (QED) is 0.620. The maximum absolute atomic E-state index is 13.0. The van der Waals surface area contributed by atoms with E-state index in [1.165, 1.54) is 6.07 Å². The Hall–Kier alpha value is -1.45. The average Bonchev–Trinajstić information content (AvgIpc) is 2.41. The van der Waals surface area contributed by atoms with E-state index < -0.39 is 11.6 Å². The Morgan fingerprint density at radius 1 is 1.33 bits per heavy atom. The van der Waals surface area contributed by atoms with Gasteiger partial charge in [0.2, 0.25) is 0 Å². The highest BCUT2D eigenvalue weighted by molar-refractivity contribution is 6.00. The molecule has 1 heterocycles. The van der Waals surface area contributed by atoms with Crippen LogP contribution in [0.2, 0.25) is 0 Å². The molecule has 0 spiro atoms. The summed E-state index contributed by atoms with van der Waals surface area (Å²) in [6, 6.07) is 2.50. The zero-order valence-electron chi connectivity index (χ0n) is 6.14. The molecule has 0 aromatic heterocycles. The summed E-state index contributed by atoms with van der Waals surface area (Å²) in [6.07, 6.45) is 0. The third kappa shape index (κ3) is 0.809. The standard InChI is InChI=1S/C8H6F2N2/c9-6-2-1-4-5(7(6)10)3-12-8(4)11/h1-2H,3H2,(H2,11,12). The number of nitrogens with zero attached hydrogens (tertiary/aromatic N) is 1. The SMILES string of the molecule is NC1=NCc2c1ccc(F)c2F. The third-order valence-corrected chi connectivity index (χ3v) is 1.88. The van der Waals surface area contributed by atoms with Crippen molar-refractivity contribution in [2.75, 3.05) is 0 Å². The molecule has 1 aromatic carbocycles. The highest BCUT2D eigenvalue weighted by Gasteiger charge is 2.19. The number of nitrogens with two attached hydrogens (primary N) is 1. The van der Waals surface area contributed by atoms with Crippen molar-refractivity contribution in [3.8, 4) is 0 Å². The zero-order chi connectivity index (χ0) is 8.72. The molecule has 2 rings (SSSR count). The maximum Gasteiger partial charge on any atom is 0.164 e. The predicted octanol–water partition coefficient (Wildman–Crippen LogP) is 1.18. The van der Waals surface area contributed by atoms with Crippen molar-refractivity contribution in [1.82, 2.24) is 0 Å². The molecule has 2 N–H and O–H groups in total. The smallest absolute Gasteiger partial charge is 0.164 e. The topological polar surface area (TPSA) is 38.4 Å². The molecule has 0 radical (unpaired) electrons. The lowest BCUT2D eigenvalue weighted by atomic mass is 10.1. The molecule has 0 saturated carbocycles. The first kappa shape index (κ1) is 7.21. The minimum Gasteiger partial charge on any atom is -0.383 e. The van der Waals surface area contributed by atoms with Gasteiger partial charge in [-0.15, -0.1) is 0 Å². The van der Waals surface area contributed by atoms with Crippen LogP contribution in [0, 0.1) is 11.6 Å². The van der Waals surface area contributed by atoms with Gasteiger partial charge in [-0.1, -0.05) is 0 Å². The summed E-state index contributed by atoms with van der Waals surface area (Å²) in [5, 5.41) is 0. The summed E-state index contributed by atoms with van der Waals surface area (Å²) >= 11 is 0. The van der Waals surface area contributed by atoms with Gasteiger partial charge in [-0.3, -0.25) is 4.99 Å². The van der Waals surface area contributed by atoms with E-state index in [9.17, 15) is 8.78 Å². The molecule has 0 unspecified atom stereocenters. The molecule has 2 nitrogen and oxygen atoms in total. The number of aliphatic imine (C=N–C) groups is 1. The molecule has 0 saturated heterocycles. The van der Waals surface area contributed by atoms with Crippen molar-refractivity contribution in [1.29, 1.82) is 0 Å². The highest BCUT2D eigenvalue weighted by atomic mass is 19.2. The Morgan fingerprint density at radius 3 is 2.83 bits per heavy atom. The van der Waals surface area contributed by atoms with Crippen molar-refractivity contribution in [2.24, 2.45) is 10.7 Å². The van der Waals surface area contributed by atoms with Crippen molar-refractivity contribution in [2.45, 2.75) is 6.54 Å². The Labute approximate surface area is 67.7 Å². The minimum atomic E-state index is -0.848. The first-order chi connectivity index (χ1) is 5.70. The summed E-state index contributed by atoms with van der Waals surface area (Å²) in [7, 11) is 0. The molecule has 0 atom stereocenters. The fourth-order valence-corrected chi connectivity index (χ4v) is 1.24. The van der Waals surface area contributed by atoms with Crippen LogP contribution >= 0.6 is 0 Å². The molecule has 0 amide bonds. The van der Waals surface area contributed by atoms with E-state index in [-0.39, 0.29) is 17.9 Å². The third-order valence-electron chi connectivity index (χ3n) is 1.88. The summed E-state index contributed by atoms with van der Waals surface area (Å²) < 4.78 is 25.6. The molecule has 1 aliphatic rings. The molecule has 0 bridgehead atoms. The lowest BCUT2D eigenvalue weighted by Crippen LogP contribution is -2.11. The van der Waals surface area contributed by atoms with Crippen molar-refractivity contribution in [3.05, 3.63) is 34.9 Å². The monoisotopic (exact) mass is 168 g/mol. The summed E-state index contributed by atoms with van der Waals surface area (Å²) in [5.74, 6) is -1.40. The van der Waals surface area contributed by atoms with E-state index >= 15 is 0 Å². The molecule has 12 heavy (non-hydrogen) atoms. The molecular formula is C8H6F2N2. The number of hydrogen-bond acceptors (Lipinski definition) is 2. The molecule has 1 aliphatic heterocycles. The molecule has 0 aliphatic carbocycles. The Kier molecular flexibility index (Phi) is 1.36. The number of fused-ring (bicyclic) bond motifs is 1. The predicted molar refractivity (Wildman–Crippen MR) is 40.8 cm³/mol. The lowest BCUT2D eigenvalue weighted by molar-refractivity contribution is 0.500. The van der Waals surface area contributed by atoms with E-state index in [4.69, 9.17) is 5.73 Å². The first-order valence-electron chi connectivity index (χ1n) is 3.47. The molecule has 4 heteroatoms. The van der Waals surface area contributed by atoms with Crippen molar-refractivity contribution in [3.63, 3.8) is 0 Å². The van der Waals surface area contributed by atoms with E-state index in [0.29, 0.717) is 5.56 Å². The van der Waals surface area contributed by atoms with Gasteiger partial charge < -0.3 is 5.73 Å². The van der Waals surface area contributed by atoms with E-state index in [0.717, 1.165) is 6.07 Å². The van der Waals surface area contributed by atoms with Gasteiger partial charge in [0.05, 0.1) is 6.54 Å². The summed E-state index contributed by atoms with van der Waals surface area (Å²) in [6.45, 7) is 0.144. The van der Waals surface area contributed by atoms with Crippen molar-refractivity contribution < 1.29 is 8.78 Å². The van der Waals surface area contributed by atoms with Crippen LogP contribution in [0.1, 0.15) is 11.1 Å². The first-order valence-corrected chi connectivity index (χ1v) is 3.47. The Balaban J connectivity index is 2.66. The van der Waals surface area contributed by atoms with E-state index in [2.05, 4.69) is 4.99 Å². The Bertz CT molecular complexity index is 372. The largest absolute Gasteiger partial charge is 0.383 e. The number of hydrogen-bond donors (Lipinski definition) is 1. The molecular weight excluding hydrogens is 162 g/mol. The normalized spacial score (nSPS) is 14.3. The van der Waals surface area contributed by atoms with Gasteiger partial charge in [0, 0.05) is 11.1 Å². The number of amidine groups is 1. The van der Waals surface area contributed by atoms with Gasteiger partial charge in [-0.05, 0) is 12.1 Å². The highest BCUT2D eigenvalue weighted by Crippen LogP contribution is 2.21. The van der Waals surface area contributed by atoms with Gasteiger partial charge in [0.1, 0.15) is 5.84 Å². The molecule has 1 aromatic rings. The fourth-order valence-electron chi connectivity index (χ4n) is 1.24. The van der Waals surface area contributed by atoms with Gasteiger partial charge in [-0.25, -0.2) is 8.78 Å². The van der Waals surface area contributed by atoms with Gasteiger partial charge in [0.25, 0.3) is 0 Å². The van der Waals surface area contributed by atoms with Crippen molar-refractivity contribution >= 4 is 5.84 Å². The molecule has 0 fully saturated rings. The van der Waals surface area contributed by atoms with Crippen LogP contribution in [-0.2, 0) is 6.54 Å². The Morgan fingerprint density at radius 2 is 2.08 bits per heavy atom. The second kappa shape index (κ2) is 2.27. The van der Waals surface area contributed by atoms with Crippen LogP contribution in [0.3, 0.4) is 0 Å². The minimum absolute atomic E-state index is 0.144. The average molecular weight is 168 g/mol. The fraction of sp³-hybridized carbons (Fsp3) is 0.125. The van der Waals surface area contributed by atoms with Gasteiger partial charge in [0.15, 0.2) is 11.6 Å². The van der Waals surface area contributed by atoms with Crippen LogP contribution in [0.5, 0.6) is 0 Å². The van der Waals surface area contributed by atoms with Crippen LogP contribution in [0.4, 0.5) is 8.78 Å². The summed E-state index contributed by atoms with van der Waals surface area (Å²) in [4.78, 5) is 3.79. The lowest BCUT2D eigenvalue weighted by Gasteiger charge is -2.00. The van der Waals surface area contributed by atoms with Crippen LogP contribution in [0.25, 0.3) is 0 Å². The maximum atomic E-state index is 13.0. The second-order valence-electron chi connectivity index (χ2n) is 2.59. The summed E-state index contributed by atoms with van der Waals surface area (Å²) in [5.41, 5.74) is 6.19. The number of rotatable bonds is 0. The van der Waals surface area contributed by atoms with Gasteiger partial charge >= 0.3 is 0 Å².